The molecule has 1 fully saturated rings. The first kappa shape index (κ1) is 17.2. The van der Waals surface area contributed by atoms with Crippen LogP contribution in [-0.4, -0.2) is 29.3 Å². The quantitative estimate of drug-likeness (QED) is 0.845. The highest BCUT2D eigenvalue weighted by atomic mass is 16.5. The van der Waals surface area contributed by atoms with E-state index in [1.165, 1.54) is 19.3 Å². The van der Waals surface area contributed by atoms with Gasteiger partial charge in [-0.05, 0) is 31.0 Å². The van der Waals surface area contributed by atoms with E-state index in [0.29, 0.717) is 18.1 Å². The van der Waals surface area contributed by atoms with Crippen molar-refractivity contribution in [2.75, 3.05) is 12.4 Å². The molecule has 2 N–H and O–H groups in total. The van der Waals surface area contributed by atoms with Crippen LogP contribution < -0.4 is 15.4 Å². The van der Waals surface area contributed by atoms with Gasteiger partial charge in [-0.15, -0.1) is 10.2 Å². The Morgan fingerprint density at radius 2 is 1.92 bits per heavy atom. The van der Waals surface area contributed by atoms with Crippen LogP contribution in [0.25, 0.3) is 0 Å². The summed E-state index contributed by atoms with van der Waals surface area (Å²) in [6.45, 7) is 0.576. The summed E-state index contributed by atoms with van der Waals surface area (Å²) in [6.07, 6.45) is 5.74. The first-order chi connectivity index (χ1) is 12.3. The van der Waals surface area contributed by atoms with Crippen LogP contribution in [0.15, 0.2) is 36.4 Å². The summed E-state index contributed by atoms with van der Waals surface area (Å²) in [4.78, 5) is 12.2. The molecule has 6 nitrogen and oxygen atoms in total. The maximum atomic E-state index is 12.2. The summed E-state index contributed by atoms with van der Waals surface area (Å²) < 4.78 is 5.33. The molecule has 2 aromatic rings. The molecule has 0 atom stereocenters. The van der Waals surface area contributed by atoms with Crippen molar-refractivity contribution in [3.8, 4) is 5.75 Å². The molecule has 1 aliphatic rings. The zero-order chi connectivity index (χ0) is 17.5. The van der Waals surface area contributed by atoms with Gasteiger partial charge >= 0.3 is 0 Å². The third-order valence-corrected chi connectivity index (χ3v) is 4.49. The third kappa shape index (κ3) is 4.68. The average molecular weight is 340 g/mol. The van der Waals surface area contributed by atoms with E-state index >= 15 is 0 Å². The molecule has 0 spiro atoms. The molecule has 0 bridgehead atoms. The molecule has 1 heterocycles. The zero-order valence-corrected chi connectivity index (χ0v) is 14.5. The van der Waals surface area contributed by atoms with Crippen molar-refractivity contribution < 1.29 is 9.53 Å². The number of aromatic nitrogens is 2. The van der Waals surface area contributed by atoms with Crippen molar-refractivity contribution in [3.63, 3.8) is 0 Å². The Balaban J connectivity index is 1.55. The van der Waals surface area contributed by atoms with E-state index in [4.69, 9.17) is 4.74 Å². The molecule has 0 unspecified atom stereocenters. The molecule has 1 amide bonds. The van der Waals surface area contributed by atoms with Crippen LogP contribution in [0.1, 0.15) is 48.2 Å². The predicted molar refractivity (Wildman–Crippen MR) is 96.7 cm³/mol. The van der Waals surface area contributed by atoms with E-state index in [-0.39, 0.29) is 11.9 Å². The molecule has 0 aliphatic heterocycles. The van der Waals surface area contributed by atoms with Crippen molar-refractivity contribution in [3.05, 3.63) is 47.7 Å². The van der Waals surface area contributed by atoms with Crippen molar-refractivity contribution in [2.24, 2.45) is 0 Å². The summed E-state index contributed by atoms with van der Waals surface area (Å²) in [7, 11) is 1.65. The molecule has 132 valence electrons. The predicted octanol–water partition coefficient (Wildman–Crippen LogP) is 3.16. The van der Waals surface area contributed by atoms with Crippen molar-refractivity contribution >= 4 is 11.7 Å². The van der Waals surface area contributed by atoms with Crippen LogP contribution in [-0.2, 0) is 6.54 Å². The number of carbonyl (C=O) groups excluding carboxylic acids is 1. The normalized spacial score (nSPS) is 14.8. The molecule has 25 heavy (non-hydrogen) atoms. The SMILES string of the molecule is COc1ccccc1CNc1ccc(C(=O)NC2CCCCC2)nn1. The van der Waals surface area contributed by atoms with Crippen molar-refractivity contribution in [1.82, 2.24) is 15.5 Å². The molecular formula is C19H24N4O2. The number of benzene rings is 1. The molecule has 6 heteroatoms. The van der Waals surface area contributed by atoms with Crippen LogP contribution in [0.2, 0.25) is 0 Å². The van der Waals surface area contributed by atoms with Gasteiger partial charge in [0.25, 0.3) is 5.91 Å². The Morgan fingerprint density at radius 1 is 1.12 bits per heavy atom. The number of para-hydroxylation sites is 1. The fourth-order valence-electron chi connectivity index (χ4n) is 3.09. The van der Waals surface area contributed by atoms with E-state index < -0.39 is 0 Å². The Bertz CT molecular complexity index is 697. The Kier molecular flexibility index (Phi) is 5.82. The lowest BCUT2D eigenvalue weighted by Gasteiger charge is -2.22. The van der Waals surface area contributed by atoms with E-state index in [1.54, 1.807) is 19.2 Å². The van der Waals surface area contributed by atoms with Crippen LogP contribution >= 0.6 is 0 Å². The minimum atomic E-state index is -0.143. The summed E-state index contributed by atoms with van der Waals surface area (Å²) >= 11 is 0. The minimum absolute atomic E-state index is 0.143. The lowest BCUT2D eigenvalue weighted by Crippen LogP contribution is -2.36. The molecule has 3 rings (SSSR count). The summed E-state index contributed by atoms with van der Waals surface area (Å²) in [5, 5.41) is 14.4. The number of carbonyl (C=O) groups is 1. The van der Waals surface area contributed by atoms with Crippen LogP contribution in [0.3, 0.4) is 0 Å². The van der Waals surface area contributed by atoms with Gasteiger partial charge in [0.15, 0.2) is 5.69 Å². The zero-order valence-electron chi connectivity index (χ0n) is 14.5. The smallest absolute Gasteiger partial charge is 0.272 e. The number of amides is 1. The number of ether oxygens (including phenoxy) is 1. The van der Waals surface area contributed by atoms with Gasteiger partial charge in [0.2, 0.25) is 0 Å². The lowest BCUT2D eigenvalue weighted by atomic mass is 9.95. The van der Waals surface area contributed by atoms with Gasteiger partial charge in [-0.1, -0.05) is 37.5 Å². The number of methoxy groups -OCH3 is 1. The van der Waals surface area contributed by atoms with Gasteiger partial charge in [-0.3, -0.25) is 4.79 Å². The second-order valence-corrected chi connectivity index (χ2v) is 6.28. The fraction of sp³-hybridized carbons (Fsp3) is 0.421. The van der Waals surface area contributed by atoms with Gasteiger partial charge in [0.05, 0.1) is 7.11 Å². The van der Waals surface area contributed by atoms with E-state index in [0.717, 1.165) is 24.2 Å². The molecule has 0 saturated heterocycles. The topological polar surface area (TPSA) is 76.1 Å². The summed E-state index contributed by atoms with van der Waals surface area (Å²) in [5.41, 5.74) is 1.39. The molecule has 1 aliphatic carbocycles. The molecule has 1 aromatic heterocycles. The lowest BCUT2D eigenvalue weighted by molar-refractivity contribution is 0.0921. The highest BCUT2D eigenvalue weighted by Crippen LogP contribution is 2.19. The molecule has 0 radical (unpaired) electrons. The largest absolute Gasteiger partial charge is 0.496 e. The highest BCUT2D eigenvalue weighted by Gasteiger charge is 2.17. The van der Waals surface area contributed by atoms with Crippen LogP contribution in [0, 0.1) is 0 Å². The maximum absolute atomic E-state index is 12.2. The third-order valence-electron chi connectivity index (χ3n) is 4.49. The summed E-state index contributed by atoms with van der Waals surface area (Å²) in [6, 6.07) is 11.6. The Labute approximate surface area is 148 Å². The number of rotatable bonds is 6. The van der Waals surface area contributed by atoms with Gasteiger partial charge < -0.3 is 15.4 Å². The van der Waals surface area contributed by atoms with Gasteiger partial charge in [-0.25, -0.2) is 0 Å². The monoisotopic (exact) mass is 340 g/mol. The number of anilines is 1. The second kappa shape index (κ2) is 8.46. The number of nitrogens with zero attached hydrogens (tertiary/aromatic N) is 2. The van der Waals surface area contributed by atoms with Gasteiger partial charge in [0, 0.05) is 18.2 Å². The fourth-order valence-corrected chi connectivity index (χ4v) is 3.09. The van der Waals surface area contributed by atoms with Crippen LogP contribution in [0.4, 0.5) is 5.82 Å². The van der Waals surface area contributed by atoms with Gasteiger partial charge in [-0.2, -0.15) is 0 Å². The van der Waals surface area contributed by atoms with E-state index in [2.05, 4.69) is 20.8 Å². The van der Waals surface area contributed by atoms with E-state index in [1.807, 2.05) is 24.3 Å². The average Bonchev–Trinajstić information content (AvgIpc) is 2.67. The first-order valence-electron chi connectivity index (χ1n) is 8.76. The minimum Gasteiger partial charge on any atom is -0.496 e. The molecule has 1 saturated carbocycles. The number of nitrogens with one attached hydrogen (secondary N) is 2. The Hall–Kier alpha value is -2.63. The molecular weight excluding hydrogens is 316 g/mol. The van der Waals surface area contributed by atoms with Crippen molar-refractivity contribution in [1.29, 1.82) is 0 Å². The number of hydrogen-bond donors (Lipinski definition) is 2. The van der Waals surface area contributed by atoms with Gasteiger partial charge in [0.1, 0.15) is 11.6 Å². The molecule has 1 aromatic carbocycles. The second-order valence-electron chi connectivity index (χ2n) is 6.28. The Morgan fingerprint density at radius 3 is 2.64 bits per heavy atom. The van der Waals surface area contributed by atoms with Crippen LogP contribution in [0.5, 0.6) is 5.75 Å². The van der Waals surface area contributed by atoms with Crippen molar-refractivity contribution in [2.45, 2.75) is 44.7 Å². The van der Waals surface area contributed by atoms with E-state index in [9.17, 15) is 4.79 Å². The summed E-state index contributed by atoms with van der Waals surface area (Å²) in [5.74, 6) is 1.31. The first-order valence-corrected chi connectivity index (χ1v) is 8.76. The highest BCUT2D eigenvalue weighted by molar-refractivity contribution is 5.92. The number of hydrogen-bond acceptors (Lipinski definition) is 5. The maximum Gasteiger partial charge on any atom is 0.272 e. The standard InChI is InChI=1S/C19H24N4O2/c1-25-17-10-6-5-7-14(17)13-20-18-12-11-16(22-23-18)19(24)21-15-8-3-2-4-9-15/h5-7,10-12,15H,2-4,8-9,13H2,1H3,(H,20,23)(H,21,24).